The predicted molar refractivity (Wildman–Crippen MR) is 147 cm³/mol. The number of amides is 1. The van der Waals surface area contributed by atoms with Crippen LogP contribution in [-0.2, 0) is 36.4 Å². The van der Waals surface area contributed by atoms with Gasteiger partial charge in [-0.15, -0.1) is 0 Å². The summed E-state index contributed by atoms with van der Waals surface area (Å²) in [5, 5.41) is 2.58. The molecular formula is C30H37F3N2O8. The lowest BCUT2D eigenvalue weighted by molar-refractivity contribution is -0.154. The Morgan fingerprint density at radius 2 is 1.84 bits per heavy atom. The van der Waals surface area contributed by atoms with E-state index in [4.69, 9.17) is 23.7 Å². The number of benzene rings is 1. The molecule has 0 radical (unpaired) electrons. The van der Waals surface area contributed by atoms with Crippen molar-refractivity contribution < 1.29 is 51.2 Å². The van der Waals surface area contributed by atoms with Crippen molar-refractivity contribution in [2.75, 3.05) is 27.1 Å². The van der Waals surface area contributed by atoms with E-state index < -0.39 is 48.5 Å². The van der Waals surface area contributed by atoms with Crippen molar-refractivity contribution in [2.24, 2.45) is 17.8 Å². The molecule has 0 aliphatic carbocycles. The third-order valence-corrected chi connectivity index (χ3v) is 7.01. The summed E-state index contributed by atoms with van der Waals surface area (Å²) >= 11 is 0. The van der Waals surface area contributed by atoms with E-state index in [0.717, 1.165) is 12.1 Å². The topological polar surface area (TPSA) is 122 Å². The number of halogens is 3. The first kappa shape index (κ1) is 33.6. The number of nitrogens with one attached hydrogen (secondary N) is 1. The molecule has 0 unspecified atom stereocenters. The van der Waals surface area contributed by atoms with Crippen LogP contribution in [0.1, 0.15) is 55.7 Å². The van der Waals surface area contributed by atoms with Crippen LogP contribution < -0.4 is 14.8 Å². The fourth-order valence-electron chi connectivity index (χ4n) is 4.93. The van der Waals surface area contributed by atoms with Gasteiger partial charge in [-0.1, -0.05) is 26.0 Å². The highest BCUT2D eigenvalue weighted by Gasteiger charge is 2.36. The van der Waals surface area contributed by atoms with E-state index in [1.54, 1.807) is 6.92 Å². The van der Waals surface area contributed by atoms with Gasteiger partial charge in [-0.2, -0.15) is 13.2 Å². The van der Waals surface area contributed by atoms with E-state index in [1.807, 2.05) is 13.8 Å². The maximum Gasteiger partial charge on any atom is 0.416 e. The highest BCUT2D eigenvalue weighted by molar-refractivity contribution is 5.98. The number of hydrogen-bond acceptors (Lipinski definition) is 9. The lowest BCUT2D eigenvalue weighted by Crippen LogP contribution is -2.46. The van der Waals surface area contributed by atoms with Crippen LogP contribution in [0.25, 0.3) is 0 Å². The molecule has 1 saturated heterocycles. The number of nitrogens with zero attached hydrogens (tertiary/aromatic N) is 1. The maximum absolute atomic E-state index is 13.3. The third-order valence-electron chi connectivity index (χ3n) is 7.01. The minimum Gasteiger partial charge on any atom is -0.493 e. The molecule has 43 heavy (non-hydrogen) atoms. The van der Waals surface area contributed by atoms with Crippen LogP contribution >= 0.6 is 0 Å². The number of cyclic esters (lactones) is 1. The predicted octanol–water partition coefficient (Wildman–Crippen LogP) is 4.59. The first-order valence-corrected chi connectivity index (χ1v) is 13.8. The quantitative estimate of drug-likeness (QED) is 0.304. The van der Waals surface area contributed by atoms with Crippen LogP contribution in [0, 0.1) is 17.8 Å². The highest BCUT2D eigenvalue weighted by Crippen LogP contribution is 2.33. The van der Waals surface area contributed by atoms with Gasteiger partial charge in [-0.3, -0.25) is 9.59 Å². The number of alkyl halides is 3. The van der Waals surface area contributed by atoms with Gasteiger partial charge in [0.05, 0.1) is 25.9 Å². The largest absolute Gasteiger partial charge is 0.493 e. The standard InChI is InChI=1S/C30H37F3N2O8/c1-17(2)12-23-18(3)43-29(38)24(15-40-14-21(23)13-20-6-8-22(9-7-20)30(31,32)33)35-28(37)26-27(42-16-41-19(4)36)25(39-5)10-11-34-26/h6-11,17-18,21,23-24H,12-16H2,1-5H3,(H,35,37)/t18-,21-,23-,24-/m0/s1. The first-order valence-electron chi connectivity index (χ1n) is 13.8. The second-order valence-electron chi connectivity index (χ2n) is 10.7. The highest BCUT2D eigenvalue weighted by atomic mass is 19.4. The molecular weight excluding hydrogens is 573 g/mol. The van der Waals surface area contributed by atoms with Gasteiger partial charge in [0, 0.05) is 25.1 Å². The third kappa shape index (κ3) is 9.57. The smallest absolute Gasteiger partial charge is 0.416 e. The molecule has 3 rings (SSSR count). The number of carbonyl (C=O) groups is 3. The second-order valence-corrected chi connectivity index (χ2v) is 10.7. The van der Waals surface area contributed by atoms with E-state index >= 15 is 0 Å². The average Bonchev–Trinajstić information content (AvgIpc) is 2.98. The summed E-state index contributed by atoms with van der Waals surface area (Å²) in [7, 11) is 1.36. The molecule has 1 N–H and O–H groups in total. The molecule has 236 valence electrons. The van der Waals surface area contributed by atoms with Crippen LogP contribution in [0.2, 0.25) is 0 Å². The molecule has 1 aliphatic rings. The van der Waals surface area contributed by atoms with Crippen molar-refractivity contribution in [1.29, 1.82) is 0 Å². The molecule has 4 atom stereocenters. The lowest BCUT2D eigenvalue weighted by Gasteiger charge is -2.32. The molecule has 0 spiro atoms. The van der Waals surface area contributed by atoms with Crippen LogP contribution in [0.5, 0.6) is 11.5 Å². The Bertz CT molecular complexity index is 1250. The van der Waals surface area contributed by atoms with Crippen LogP contribution in [0.15, 0.2) is 36.5 Å². The van der Waals surface area contributed by atoms with E-state index in [9.17, 15) is 27.6 Å². The Morgan fingerprint density at radius 1 is 1.14 bits per heavy atom. The average molecular weight is 611 g/mol. The number of hydrogen-bond donors (Lipinski definition) is 1. The zero-order valence-corrected chi connectivity index (χ0v) is 24.7. The minimum atomic E-state index is -4.43. The summed E-state index contributed by atoms with van der Waals surface area (Å²) < 4.78 is 66.4. The summed E-state index contributed by atoms with van der Waals surface area (Å²) in [6, 6.07) is 5.25. The number of carbonyl (C=O) groups excluding carboxylic acids is 3. The second kappa shape index (κ2) is 15.0. The molecule has 2 aromatic rings. The Hall–Kier alpha value is -3.87. The first-order chi connectivity index (χ1) is 20.3. The molecule has 0 saturated carbocycles. The van der Waals surface area contributed by atoms with Crippen molar-refractivity contribution >= 4 is 17.8 Å². The van der Waals surface area contributed by atoms with E-state index in [-0.39, 0.29) is 48.2 Å². The van der Waals surface area contributed by atoms with E-state index in [1.165, 1.54) is 38.4 Å². The van der Waals surface area contributed by atoms with Gasteiger partial charge in [-0.05, 0) is 49.3 Å². The summed E-state index contributed by atoms with van der Waals surface area (Å²) in [5.74, 6) is -2.15. The number of esters is 2. The lowest BCUT2D eigenvalue weighted by atomic mass is 9.79. The summed E-state index contributed by atoms with van der Waals surface area (Å²) in [6.45, 7) is 6.48. The molecule has 1 amide bonds. The molecule has 13 heteroatoms. The normalized spacial score (nSPS) is 21.2. The SMILES string of the molecule is COc1ccnc(C(=O)N[C@H]2COC[C@H](Cc3ccc(C(F)(F)F)cc3)[C@@H](CC(C)C)[C@H](C)OC2=O)c1OCOC(C)=O. The van der Waals surface area contributed by atoms with Crippen molar-refractivity contribution in [3.05, 3.63) is 53.3 Å². The fraction of sp³-hybridized carbons (Fsp3) is 0.533. The van der Waals surface area contributed by atoms with Crippen LogP contribution in [-0.4, -0.2) is 62.1 Å². The van der Waals surface area contributed by atoms with Crippen molar-refractivity contribution in [2.45, 2.75) is 58.9 Å². The van der Waals surface area contributed by atoms with E-state index in [0.29, 0.717) is 18.4 Å². The van der Waals surface area contributed by atoms with Gasteiger partial charge in [0.1, 0.15) is 6.10 Å². The fourth-order valence-corrected chi connectivity index (χ4v) is 4.93. The Balaban J connectivity index is 1.80. The number of pyridine rings is 1. The Kier molecular flexibility index (Phi) is 11.8. The van der Waals surface area contributed by atoms with Gasteiger partial charge in [0.2, 0.25) is 6.79 Å². The van der Waals surface area contributed by atoms with E-state index in [2.05, 4.69) is 10.3 Å². The van der Waals surface area contributed by atoms with Gasteiger partial charge in [-0.25, -0.2) is 9.78 Å². The van der Waals surface area contributed by atoms with Gasteiger partial charge < -0.3 is 29.0 Å². The molecule has 10 nitrogen and oxygen atoms in total. The Labute approximate surface area is 248 Å². The zero-order valence-electron chi connectivity index (χ0n) is 24.7. The zero-order chi connectivity index (χ0) is 31.7. The van der Waals surface area contributed by atoms with Gasteiger partial charge in [0.25, 0.3) is 5.91 Å². The summed E-state index contributed by atoms with van der Waals surface area (Å²) in [5.41, 5.74) is -0.250. The number of ether oxygens (including phenoxy) is 5. The number of rotatable bonds is 10. The Morgan fingerprint density at radius 3 is 2.44 bits per heavy atom. The molecule has 0 bridgehead atoms. The van der Waals surface area contributed by atoms with Gasteiger partial charge >= 0.3 is 18.1 Å². The van der Waals surface area contributed by atoms with Crippen molar-refractivity contribution in [3.8, 4) is 11.5 Å². The number of aromatic nitrogens is 1. The number of methoxy groups -OCH3 is 1. The minimum absolute atomic E-state index is 0.0944. The molecule has 1 aromatic heterocycles. The summed E-state index contributed by atoms with van der Waals surface area (Å²) in [6.07, 6.45) is -2.61. The molecule has 1 fully saturated rings. The van der Waals surface area contributed by atoms with Crippen molar-refractivity contribution in [1.82, 2.24) is 10.3 Å². The monoisotopic (exact) mass is 610 g/mol. The molecule has 1 aromatic carbocycles. The molecule has 2 heterocycles. The maximum atomic E-state index is 13.3. The van der Waals surface area contributed by atoms with Crippen LogP contribution in [0.3, 0.4) is 0 Å². The van der Waals surface area contributed by atoms with Crippen molar-refractivity contribution in [3.63, 3.8) is 0 Å². The van der Waals surface area contributed by atoms with Gasteiger partial charge in [0.15, 0.2) is 23.2 Å². The van der Waals surface area contributed by atoms with Crippen LogP contribution in [0.4, 0.5) is 13.2 Å². The summed E-state index contributed by atoms with van der Waals surface area (Å²) in [4.78, 5) is 41.7. The molecule has 1 aliphatic heterocycles.